The molecule has 0 rings (SSSR count). The number of esters is 3. The summed E-state index contributed by atoms with van der Waals surface area (Å²) in [6.07, 6.45) is 0. The molecule has 0 aliphatic rings. The predicted molar refractivity (Wildman–Crippen MR) is 57.1 cm³/mol. The molecule has 0 aromatic heterocycles. The number of carbonyl (C=O) groups is 3. The van der Waals surface area contributed by atoms with Gasteiger partial charge in [-0.05, 0) is 6.92 Å². The zero-order valence-electron chi connectivity index (χ0n) is 10.4. The van der Waals surface area contributed by atoms with Gasteiger partial charge in [-0.25, -0.2) is 0 Å². The molecule has 0 fully saturated rings. The smallest absolute Gasteiger partial charge is 0.322 e. The third-order valence-corrected chi connectivity index (χ3v) is 2.21. The molecule has 7 nitrogen and oxygen atoms in total. The third-order valence-electron chi connectivity index (χ3n) is 2.21. The van der Waals surface area contributed by atoms with Crippen LogP contribution in [0.15, 0.2) is 0 Å². The minimum absolute atomic E-state index is 0.193. The van der Waals surface area contributed by atoms with Crippen LogP contribution < -0.4 is 0 Å². The lowest BCUT2D eigenvalue weighted by molar-refractivity contribution is -0.152. The number of ether oxygens (including phenoxy) is 3. The van der Waals surface area contributed by atoms with Crippen molar-refractivity contribution in [2.45, 2.75) is 13.0 Å². The van der Waals surface area contributed by atoms with Crippen LogP contribution in [0.5, 0.6) is 0 Å². The van der Waals surface area contributed by atoms with Crippen LogP contribution in [0.3, 0.4) is 0 Å². The van der Waals surface area contributed by atoms with Gasteiger partial charge in [0.15, 0.2) is 0 Å². The maximum Gasteiger partial charge on any atom is 0.322 e. The molecule has 1 atom stereocenters. The van der Waals surface area contributed by atoms with E-state index >= 15 is 0 Å². The Morgan fingerprint density at radius 1 is 0.941 bits per heavy atom. The van der Waals surface area contributed by atoms with E-state index in [1.54, 1.807) is 0 Å². The van der Waals surface area contributed by atoms with Gasteiger partial charge >= 0.3 is 17.9 Å². The molecule has 0 aromatic carbocycles. The van der Waals surface area contributed by atoms with E-state index in [1.807, 2.05) is 0 Å². The Hall–Kier alpha value is -1.63. The van der Waals surface area contributed by atoms with Crippen molar-refractivity contribution >= 4 is 17.9 Å². The molecule has 0 saturated carbocycles. The Kier molecular flexibility index (Phi) is 6.88. The predicted octanol–water partition coefficient (Wildman–Crippen LogP) is -0.804. The topological polar surface area (TPSA) is 82.1 Å². The first-order valence-electron chi connectivity index (χ1n) is 4.91. The van der Waals surface area contributed by atoms with Gasteiger partial charge in [0.25, 0.3) is 0 Å². The summed E-state index contributed by atoms with van der Waals surface area (Å²) < 4.78 is 13.5. The summed E-state index contributed by atoms with van der Waals surface area (Å²) in [5.41, 5.74) is 0. The summed E-state index contributed by atoms with van der Waals surface area (Å²) in [5.74, 6) is -1.65. The van der Waals surface area contributed by atoms with Gasteiger partial charge in [-0.15, -0.1) is 0 Å². The minimum Gasteiger partial charge on any atom is -0.468 e. The van der Waals surface area contributed by atoms with E-state index in [0.29, 0.717) is 0 Å². The summed E-state index contributed by atoms with van der Waals surface area (Å²) in [6, 6.07) is -0.738. The molecule has 0 aliphatic heterocycles. The van der Waals surface area contributed by atoms with Crippen LogP contribution in [-0.4, -0.2) is 63.3 Å². The van der Waals surface area contributed by atoms with Gasteiger partial charge in [-0.3, -0.25) is 19.3 Å². The monoisotopic (exact) mass is 247 g/mol. The molecule has 0 bridgehead atoms. The zero-order chi connectivity index (χ0) is 13.4. The summed E-state index contributed by atoms with van der Waals surface area (Å²) in [7, 11) is 3.68. The molecule has 0 aliphatic carbocycles. The average Bonchev–Trinajstić information content (AvgIpc) is 2.35. The fraction of sp³-hybridized carbons (Fsp3) is 0.700. The van der Waals surface area contributed by atoms with Gasteiger partial charge in [0.1, 0.15) is 6.04 Å². The van der Waals surface area contributed by atoms with Gasteiger partial charge < -0.3 is 14.2 Å². The summed E-state index contributed by atoms with van der Waals surface area (Å²) in [5, 5.41) is 0. The number of methoxy groups -OCH3 is 3. The summed E-state index contributed by atoms with van der Waals surface area (Å²) in [4.78, 5) is 34.9. The molecule has 17 heavy (non-hydrogen) atoms. The van der Waals surface area contributed by atoms with Crippen molar-refractivity contribution in [3.8, 4) is 0 Å². The molecular formula is C10H17NO6. The quantitative estimate of drug-likeness (QED) is 0.448. The van der Waals surface area contributed by atoms with E-state index in [-0.39, 0.29) is 13.1 Å². The maximum absolute atomic E-state index is 11.3. The Morgan fingerprint density at radius 3 is 1.65 bits per heavy atom. The number of carbonyl (C=O) groups excluding carboxylic acids is 3. The van der Waals surface area contributed by atoms with E-state index < -0.39 is 23.9 Å². The number of rotatable bonds is 6. The highest BCUT2D eigenvalue weighted by Crippen LogP contribution is 2.02. The van der Waals surface area contributed by atoms with Crippen LogP contribution in [0.25, 0.3) is 0 Å². The van der Waals surface area contributed by atoms with Gasteiger partial charge in [0, 0.05) is 0 Å². The first-order chi connectivity index (χ1) is 7.96. The minimum atomic E-state index is -0.738. The molecule has 0 unspecified atom stereocenters. The second kappa shape index (κ2) is 7.61. The van der Waals surface area contributed by atoms with Gasteiger partial charge in [-0.1, -0.05) is 0 Å². The number of nitrogens with zero attached hydrogens (tertiary/aromatic N) is 1. The first kappa shape index (κ1) is 15.4. The van der Waals surface area contributed by atoms with Crippen LogP contribution in [0, 0.1) is 0 Å². The van der Waals surface area contributed by atoms with Gasteiger partial charge in [-0.2, -0.15) is 0 Å². The summed E-state index contributed by atoms with van der Waals surface area (Å²) >= 11 is 0. The molecule has 0 heterocycles. The van der Waals surface area contributed by atoms with E-state index in [0.717, 1.165) is 0 Å². The molecule has 0 amide bonds. The van der Waals surface area contributed by atoms with Crippen LogP contribution in [0.1, 0.15) is 6.92 Å². The van der Waals surface area contributed by atoms with Crippen molar-refractivity contribution in [3.05, 3.63) is 0 Å². The van der Waals surface area contributed by atoms with E-state index in [4.69, 9.17) is 0 Å². The fourth-order valence-electron chi connectivity index (χ4n) is 1.11. The van der Waals surface area contributed by atoms with Crippen LogP contribution in [0.4, 0.5) is 0 Å². The van der Waals surface area contributed by atoms with E-state index in [2.05, 4.69) is 14.2 Å². The lowest BCUT2D eigenvalue weighted by Crippen LogP contribution is -2.45. The van der Waals surface area contributed by atoms with Crippen molar-refractivity contribution in [2.75, 3.05) is 34.4 Å². The lowest BCUT2D eigenvalue weighted by atomic mass is 10.2. The fourth-order valence-corrected chi connectivity index (χ4v) is 1.11. The average molecular weight is 247 g/mol. The third kappa shape index (κ3) is 5.30. The Labute approximate surface area is 99.6 Å². The highest BCUT2D eigenvalue weighted by atomic mass is 16.5. The van der Waals surface area contributed by atoms with E-state index in [1.165, 1.54) is 33.2 Å². The maximum atomic E-state index is 11.3. The van der Waals surface area contributed by atoms with Gasteiger partial charge in [0.2, 0.25) is 0 Å². The highest BCUT2D eigenvalue weighted by molar-refractivity contribution is 5.79. The lowest BCUT2D eigenvalue weighted by Gasteiger charge is -2.24. The van der Waals surface area contributed by atoms with Crippen LogP contribution >= 0.6 is 0 Å². The molecule has 0 saturated heterocycles. The van der Waals surface area contributed by atoms with Crippen molar-refractivity contribution in [3.63, 3.8) is 0 Å². The van der Waals surface area contributed by atoms with Crippen molar-refractivity contribution < 1.29 is 28.6 Å². The normalized spacial score (nSPS) is 11.8. The molecule has 98 valence electrons. The second-order valence-electron chi connectivity index (χ2n) is 3.26. The van der Waals surface area contributed by atoms with Crippen LogP contribution in [-0.2, 0) is 28.6 Å². The highest BCUT2D eigenvalue weighted by Gasteiger charge is 2.26. The Morgan fingerprint density at radius 2 is 1.35 bits per heavy atom. The molecule has 0 radical (unpaired) electrons. The molecule has 0 spiro atoms. The summed E-state index contributed by atoms with van der Waals surface area (Å²) in [6.45, 7) is 1.14. The standard InChI is InChI=1S/C10H17NO6/c1-7(10(14)17-4)11(5-8(12)15-2)6-9(13)16-3/h7H,5-6H2,1-4H3/t7-/m0/s1. The van der Waals surface area contributed by atoms with Crippen molar-refractivity contribution in [2.24, 2.45) is 0 Å². The SMILES string of the molecule is COC(=O)CN(CC(=O)OC)[C@@H](C)C(=O)OC. The largest absolute Gasteiger partial charge is 0.468 e. The molecular weight excluding hydrogens is 230 g/mol. The molecule has 0 N–H and O–H groups in total. The van der Waals surface area contributed by atoms with Crippen molar-refractivity contribution in [1.82, 2.24) is 4.90 Å². The molecule has 7 heteroatoms. The zero-order valence-corrected chi connectivity index (χ0v) is 10.4. The van der Waals surface area contributed by atoms with Crippen LogP contribution in [0.2, 0.25) is 0 Å². The van der Waals surface area contributed by atoms with Gasteiger partial charge in [0.05, 0.1) is 34.4 Å². The number of hydrogen-bond acceptors (Lipinski definition) is 7. The van der Waals surface area contributed by atoms with E-state index in [9.17, 15) is 14.4 Å². The van der Waals surface area contributed by atoms with Crippen molar-refractivity contribution in [1.29, 1.82) is 0 Å². The Bertz CT molecular complexity index is 273. The first-order valence-corrected chi connectivity index (χ1v) is 4.91. The Balaban J connectivity index is 4.65. The second-order valence-corrected chi connectivity index (χ2v) is 3.26. The molecule has 0 aromatic rings. The number of hydrogen-bond donors (Lipinski definition) is 0.